The van der Waals surface area contributed by atoms with Crippen molar-refractivity contribution < 1.29 is 4.79 Å². The van der Waals surface area contributed by atoms with E-state index in [-0.39, 0.29) is 17.5 Å². The number of carbonyl (C=O) groups is 1. The lowest BCUT2D eigenvalue weighted by Gasteiger charge is -2.26. The van der Waals surface area contributed by atoms with Crippen LogP contribution in [-0.2, 0) is 19.3 Å². The first-order valence-corrected chi connectivity index (χ1v) is 9.86. The molecule has 0 saturated carbocycles. The quantitative estimate of drug-likeness (QED) is 0.653. The van der Waals surface area contributed by atoms with Gasteiger partial charge in [0.25, 0.3) is 5.91 Å². The van der Waals surface area contributed by atoms with E-state index in [1.165, 1.54) is 29.5 Å². The number of aromatic nitrogens is 2. The van der Waals surface area contributed by atoms with Crippen molar-refractivity contribution >= 4 is 16.8 Å². The number of carbonyl (C=O) groups excluding carboxylic acids is 1. The molecule has 138 valence electrons. The highest BCUT2D eigenvalue weighted by Crippen LogP contribution is 2.32. The standard InChI is InChI=1S/C22H23N3O2/c26-20-12-11-15-18(23-20)9-4-10-19(15)25-22(27)16-7-3-6-14-13-5-1-2-8-17(13)24-21(14)16/h3,6-7,11-12,19,24H,1-2,4-5,8-10H2,(H,23,26)(H,25,27). The molecule has 1 aromatic carbocycles. The molecule has 1 unspecified atom stereocenters. The highest BCUT2D eigenvalue weighted by atomic mass is 16.1. The Morgan fingerprint density at radius 1 is 0.963 bits per heavy atom. The molecule has 0 bridgehead atoms. The largest absolute Gasteiger partial charge is 0.358 e. The van der Waals surface area contributed by atoms with E-state index in [4.69, 9.17) is 0 Å². The normalized spacial score (nSPS) is 18.7. The molecule has 3 aromatic rings. The number of H-pyrrole nitrogens is 2. The molecule has 0 aliphatic heterocycles. The Balaban J connectivity index is 1.49. The third-order valence-corrected chi connectivity index (χ3v) is 6.02. The summed E-state index contributed by atoms with van der Waals surface area (Å²) in [6, 6.07) is 9.34. The summed E-state index contributed by atoms with van der Waals surface area (Å²) >= 11 is 0. The molecule has 2 aliphatic rings. The minimum atomic E-state index is -0.0811. The molecule has 1 atom stereocenters. The molecule has 2 aromatic heterocycles. The fraction of sp³-hybridized carbons (Fsp3) is 0.364. The summed E-state index contributed by atoms with van der Waals surface area (Å²) in [5.41, 5.74) is 6.24. The van der Waals surface area contributed by atoms with Gasteiger partial charge >= 0.3 is 0 Å². The molecule has 27 heavy (non-hydrogen) atoms. The van der Waals surface area contributed by atoms with E-state index in [9.17, 15) is 9.59 Å². The molecule has 2 aliphatic carbocycles. The minimum absolute atomic E-state index is 0.0525. The minimum Gasteiger partial charge on any atom is -0.358 e. The third-order valence-electron chi connectivity index (χ3n) is 6.02. The zero-order valence-corrected chi connectivity index (χ0v) is 15.2. The van der Waals surface area contributed by atoms with Crippen LogP contribution >= 0.6 is 0 Å². The molecule has 2 heterocycles. The van der Waals surface area contributed by atoms with Gasteiger partial charge in [-0.3, -0.25) is 9.59 Å². The van der Waals surface area contributed by atoms with Crippen molar-refractivity contribution in [1.82, 2.24) is 15.3 Å². The number of nitrogens with one attached hydrogen (secondary N) is 3. The highest BCUT2D eigenvalue weighted by molar-refractivity contribution is 6.07. The fourth-order valence-corrected chi connectivity index (χ4v) is 4.71. The number of benzene rings is 1. The van der Waals surface area contributed by atoms with Gasteiger partial charge in [0.05, 0.1) is 17.1 Å². The summed E-state index contributed by atoms with van der Waals surface area (Å²) in [7, 11) is 0. The van der Waals surface area contributed by atoms with Crippen molar-refractivity contribution in [2.45, 2.75) is 51.0 Å². The van der Waals surface area contributed by atoms with E-state index < -0.39 is 0 Å². The van der Waals surface area contributed by atoms with Crippen LogP contribution in [0.5, 0.6) is 0 Å². The van der Waals surface area contributed by atoms with Gasteiger partial charge < -0.3 is 15.3 Å². The molecule has 0 spiro atoms. The third kappa shape index (κ3) is 2.78. The van der Waals surface area contributed by atoms with E-state index in [1.54, 1.807) is 6.07 Å². The zero-order chi connectivity index (χ0) is 18.4. The first kappa shape index (κ1) is 16.4. The van der Waals surface area contributed by atoms with Crippen LogP contribution in [0.1, 0.15) is 64.6 Å². The van der Waals surface area contributed by atoms with Gasteiger partial charge in [0.2, 0.25) is 5.56 Å². The Hall–Kier alpha value is -2.82. The van der Waals surface area contributed by atoms with E-state index in [0.717, 1.165) is 48.9 Å². The number of para-hydroxylation sites is 1. The summed E-state index contributed by atoms with van der Waals surface area (Å²) in [6.07, 6.45) is 7.28. The Bertz CT molecular complexity index is 1090. The summed E-state index contributed by atoms with van der Waals surface area (Å²) in [5.74, 6) is -0.0525. The smallest absolute Gasteiger partial charge is 0.253 e. The Labute approximate surface area is 157 Å². The number of fused-ring (bicyclic) bond motifs is 4. The lowest BCUT2D eigenvalue weighted by Crippen LogP contribution is -2.32. The van der Waals surface area contributed by atoms with Crippen molar-refractivity contribution in [1.29, 1.82) is 0 Å². The van der Waals surface area contributed by atoms with Crippen molar-refractivity contribution in [3.63, 3.8) is 0 Å². The number of pyridine rings is 1. The number of aromatic amines is 2. The number of hydrogen-bond acceptors (Lipinski definition) is 2. The molecular formula is C22H23N3O2. The number of amides is 1. The van der Waals surface area contributed by atoms with E-state index in [2.05, 4.69) is 21.4 Å². The maximum atomic E-state index is 13.1. The van der Waals surface area contributed by atoms with Crippen molar-refractivity contribution in [2.24, 2.45) is 0 Å². The molecular weight excluding hydrogens is 338 g/mol. The molecule has 5 rings (SSSR count). The fourth-order valence-electron chi connectivity index (χ4n) is 4.71. The Kier molecular flexibility index (Phi) is 3.88. The van der Waals surface area contributed by atoms with E-state index >= 15 is 0 Å². The van der Waals surface area contributed by atoms with Gasteiger partial charge in [-0.1, -0.05) is 12.1 Å². The van der Waals surface area contributed by atoms with Crippen molar-refractivity contribution in [3.8, 4) is 0 Å². The summed E-state index contributed by atoms with van der Waals surface area (Å²) in [5, 5.41) is 4.39. The lowest BCUT2D eigenvalue weighted by molar-refractivity contribution is 0.0934. The van der Waals surface area contributed by atoms with Crippen LogP contribution in [0, 0.1) is 0 Å². The van der Waals surface area contributed by atoms with Gasteiger partial charge in [-0.2, -0.15) is 0 Å². The predicted molar refractivity (Wildman–Crippen MR) is 105 cm³/mol. The van der Waals surface area contributed by atoms with Crippen LogP contribution in [0.4, 0.5) is 0 Å². The SMILES string of the molecule is O=C(NC1CCCc2[nH]c(=O)ccc21)c1cccc2c3c([nH]c12)CCCC3. The Morgan fingerprint density at radius 3 is 2.74 bits per heavy atom. The maximum Gasteiger partial charge on any atom is 0.253 e. The molecule has 1 amide bonds. The number of rotatable bonds is 2. The first-order chi connectivity index (χ1) is 13.2. The van der Waals surface area contributed by atoms with Gasteiger partial charge in [-0.25, -0.2) is 0 Å². The van der Waals surface area contributed by atoms with Gasteiger partial charge in [0.15, 0.2) is 0 Å². The predicted octanol–water partition coefficient (Wildman–Crippen LogP) is 3.54. The molecule has 0 fully saturated rings. The summed E-state index contributed by atoms with van der Waals surface area (Å²) < 4.78 is 0. The number of hydrogen-bond donors (Lipinski definition) is 3. The van der Waals surface area contributed by atoms with Crippen molar-refractivity contribution in [3.05, 3.63) is 68.8 Å². The molecule has 0 radical (unpaired) electrons. The van der Waals surface area contributed by atoms with Gasteiger partial charge in [-0.15, -0.1) is 0 Å². The number of aryl methyl sites for hydroxylation is 3. The first-order valence-electron chi connectivity index (χ1n) is 9.86. The lowest BCUT2D eigenvalue weighted by atomic mass is 9.91. The molecule has 3 N–H and O–H groups in total. The second-order valence-corrected chi connectivity index (χ2v) is 7.69. The van der Waals surface area contributed by atoms with Gasteiger partial charge in [-0.05, 0) is 68.2 Å². The second kappa shape index (κ2) is 6.41. The van der Waals surface area contributed by atoms with Gasteiger partial charge in [0, 0.05) is 22.8 Å². The average molecular weight is 361 g/mol. The molecule has 5 nitrogen and oxygen atoms in total. The van der Waals surface area contributed by atoms with E-state index in [1.807, 2.05) is 18.2 Å². The van der Waals surface area contributed by atoms with Crippen LogP contribution in [-0.4, -0.2) is 15.9 Å². The molecule has 5 heteroatoms. The second-order valence-electron chi connectivity index (χ2n) is 7.69. The monoisotopic (exact) mass is 361 g/mol. The van der Waals surface area contributed by atoms with Crippen molar-refractivity contribution in [2.75, 3.05) is 0 Å². The summed E-state index contributed by atoms with van der Waals surface area (Å²) in [4.78, 5) is 31.1. The van der Waals surface area contributed by atoms with Crippen LogP contribution < -0.4 is 10.9 Å². The highest BCUT2D eigenvalue weighted by Gasteiger charge is 2.25. The van der Waals surface area contributed by atoms with E-state index in [0.29, 0.717) is 5.56 Å². The van der Waals surface area contributed by atoms with Crippen LogP contribution in [0.2, 0.25) is 0 Å². The molecule has 0 saturated heterocycles. The zero-order valence-electron chi connectivity index (χ0n) is 15.2. The van der Waals surface area contributed by atoms with Gasteiger partial charge in [0.1, 0.15) is 0 Å². The van der Waals surface area contributed by atoms with Crippen LogP contribution in [0.15, 0.2) is 35.1 Å². The summed E-state index contributed by atoms with van der Waals surface area (Å²) in [6.45, 7) is 0. The maximum absolute atomic E-state index is 13.1. The Morgan fingerprint density at radius 2 is 1.81 bits per heavy atom. The topological polar surface area (TPSA) is 77.8 Å². The average Bonchev–Trinajstić information content (AvgIpc) is 3.06. The van der Waals surface area contributed by atoms with Crippen LogP contribution in [0.3, 0.4) is 0 Å². The van der Waals surface area contributed by atoms with Crippen LogP contribution in [0.25, 0.3) is 10.9 Å².